The van der Waals surface area contributed by atoms with Crippen molar-refractivity contribution >= 4 is 28.6 Å². The van der Waals surface area contributed by atoms with Crippen LogP contribution in [-0.2, 0) is 4.74 Å². The average molecular weight is 268 g/mol. The lowest BCUT2D eigenvalue weighted by Crippen LogP contribution is -2.12. The van der Waals surface area contributed by atoms with Crippen LogP contribution in [0.15, 0.2) is 18.2 Å². The van der Waals surface area contributed by atoms with Gasteiger partial charge in [0, 0.05) is 11.1 Å². The van der Waals surface area contributed by atoms with E-state index in [9.17, 15) is 4.79 Å². The Bertz CT molecular complexity index is 604. The molecule has 0 aliphatic carbocycles. The maximum Gasteiger partial charge on any atom is 0.418 e. The summed E-state index contributed by atoms with van der Waals surface area (Å²) in [6, 6.07) is 5.40. The van der Waals surface area contributed by atoms with E-state index in [4.69, 9.17) is 21.1 Å². The van der Waals surface area contributed by atoms with Crippen molar-refractivity contribution in [3.8, 4) is 5.75 Å². The average Bonchev–Trinajstić information content (AvgIpc) is 2.69. The number of benzene rings is 1. The first-order valence-corrected chi connectivity index (χ1v) is 5.99. The van der Waals surface area contributed by atoms with Gasteiger partial charge in [0.25, 0.3) is 0 Å². The highest BCUT2D eigenvalue weighted by molar-refractivity contribution is 6.37. The Morgan fingerprint density at radius 3 is 2.78 bits per heavy atom. The van der Waals surface area contributed by atoms with Crippen molar-refractivity contribution in [2.24, 2.45) is 0 Å². The third kappa shape index (κ3) is 1.93. The van der Waals surface area contributed by atoms with Gasteiger partial charge in [-0.05, 0) is 32.0 Å². The van der Waals surface area contributed by atoms with Crippen molar-refractivity contribution in [2.45, 2.75) is 13.8 Å². The minimum absolute atomic E-state index is 0.428. The van der Waals surface area contributed by atoms with Gasteiger partial charge in [0.1, 0.15) is 5.75 Å². The van der Waals surface area contributed by atoms with E-state index in [1.54, 1.807) is 12.1 Å². The molecule has 1 heterocycles. The number of hydrogen-bond acceptors (Lipinski definition) is 3. The van der Waals surface area contributed by atoms with E-state index in [0.717, 1.165) is 11.1 Å². The van der Waals surface area contributed by atoms with Crippen LogP contribution in [-0.4, -0.2) is 24.4 Å². The van der Waals surface area contributed by atoms with Crippen molar-refractivity contribution in [1.82, 2.24) is 4.57 Å². The standard InChI is InChI=1S/C13H14ClNO3/c1-4-18-11-6-5-10-9(12(11)14)7-8(2)15(10)13(16)17-3/h5-7H,4H2,1-3H3. The van der Waals surface area contributed by atoms with Crippen LogP contribution in [0.25, 0.3) is 10.9 Å². The summed E-state index contributed by atoms with van der Waals surface area (Å²) in [7, 11) is 1.35. The van der Waals surface area contributed by atoms with Gasteiger partial charge in [-0.15, -0.1) is 0 Å². The normalized spacial score (nSPS) is 10.7. The molecule has 0 fully saturated rings. The molecule has 96 valence electrons. The summed E-state index contributed by atoms with van der Waals surface area (Å²) in [4.78, 5) is 11.7. The van der Waals surface area contributed by atoms with Crippen LogP contribution < -0.4 is 4.74 Å². The molecule has 1 aromatic carbocycles. The van der Waals surface area contributed by atoms with Crippen LogP contribution in [0, 0.1) is 6.92 Å². The smallest absolute Gasteiger partial charge is 0.418 e. The van der Waals surface area contributed by atoms with Gasteiger partial charge in [0.15, 0.2) is 0 Å². The van der Waals surface area contributed by atoms with Gasteiger partial charge in [0.2, 0.25) is 0 Å². The zero-order valence-corrected chi connectivity index (χ0v) is 11.2. The molecule has 0 bridgehead atoms. The monoisotopic (exact) mass is 267 g/mol. The van der Waals surface area contributed by atoms with Crippen LogP contribution in [0.2, 0.25) is 5.02 Å². The maximum atomic E-state index is 11.7. The SMILES string of the molecule is CCOc1ccc2c(cc(C)n2C(=O)OC)c1Cl. The predicted molar refractivity (Wildman–Crippen MR) is 70.7 cm³/mol. The van der Waals surface area contributed by atoms with Crippen LogP contribution in [0.1, 0.15) is 12.6 Å². The second-order valence-corrected chi connectivity index (χ2v) is 4.21. The first kappa shape index (κ1) is 12.8. The fraction of sp³-hybridized carbons (Fsp3) is 0.308. The Morgan fingerprint density at radius 2 is 2.17 bits per heavy atom. The number of halogens is 1. The van der Waals surface area contributed by atoms with E-state index in [1.807, 2.05) is 19.9 Å². The van der Waals surface area contributed by atoms with Crippen molar-refractivity contribution in [3.63, 3.8) is 0 Å². The Balaban J connectivity index is 2.67. The third-order valence-electron chi connectivity index (χ3n) is 2.73. The van der Waals surface area contributed by atoms with Gasteiger partial charge in [-0.1, -0.05) is 11.6 Å². The first-order chi connectivity index (χ1) is 8.60. The van der Waals surface area contributed by atoms with E-state index in [1.165, 1.54) is 11.7 Å². The molecule has 0 aliphatic rings. The molecule has 0 saturated carbocycles. The van der Waals surface area contributed by atoms with Crippen molar-refractivity contribution < 1.29 is 14.3 Å². The van der Waals surface area contributed by atoms with Gasteiger partial charge in [0.05, 0.1) is 24.3 Å². The number of nitrogens with zero attached hydrogens (tertiary/aromatic N) is 1. The molecule has 0 atom stereocenters. The zero-order valence-electron chi connectivity index (χ0n) is 10.5. The number of aromatic nitrogens is 1. The highest BCUT2D eigenvalue weighted by Gasteiger charge is 2.16. The Hall–Kier alpha value is -1.68. The minimum atomic E-state index is -0.428. The Kier molecular flexibility index (Phi) is 3.48. The summed E-state index contributed by atoms with van der Waals surface area (Å²) in [6.45, 7) is 4.26. The molecule has 4 nitrogen and oxygen atoms in total. The summed E-state index contributed by atoms with van der Waals surface area (Å²) in [5.41, 5.74) is 1.49. The molecule has 18 heavy (non-hydrogen) atoms. The maximum absolute atomic E-state index is 11.7. The molecule has 5 heteroatoms. The van der Waals surface area contributed by atoms with Crippen molar-refractivity contribution in [2.75, 3.05) is 13.7 Å². The van der Waals surface area contributed by atoms with Gasteiger partial charge in [-0.3, -0.25) is 0 Å². The van der Waals surface area contributed by atoms with Crippen LogP contribution in [0.4, 0.5) is 4.79 Å². The van der Waals surface area contributed by atoms with Gasteiger partial charge >= 0.3 is 6.09 Å². The number of carbonyl (C=O) groups is 1. The zero-order chi connectivity index (χ0) is 13.3. The van der Waals surface area contributed by atoms with Gasteiger partial charge in [-0.25, -0.2) is 9.36 Å². The van der Waals surface area contributed by atoms with Crippen LogP contribution in [0.5, 0.6) is 5.75 Å². The third-order valence-corrected chi connectivity index (χ3v) is 3.12. The van der Waals surface area contributed by atoms with Crippen LogP contribution >= 0.6 is 11.6 Å². The number of fused-ring (bicyclic) bond motifs is 1. The largest absolute Gasteiger partial charge is 0.492 e. The van der Waals surface area contributed by atoms with Crippen LogP contribution in [0.3, 0.4) is 0 Å². The number of carbonyl (C=O) groups excluding carboxylic acids is 1. The van der Waals surface area contributed by atoms with Gasteiger partial charge < -0.3 is 9.47 Å². The molecule has 0 N–H and O–H groups in total. The van der Waals surface area contributed by atoms with E-state index >= 15 is 0 Å². The second-order valence-electron chi connectivity index (χ2n) is 3.83. The summed E-state index contributed by atoms with van der Waals surface area (Å²) < 4.78 is 11.7. The lowest BCUT2D eigenvalue weighted by molar-refractivity contribution is 0.173. The summed E-state index contributed by atoms with van der Waals surface area (Å²) in [5, 5.41) is 1.30. The first-order valence-electron chi connectivity index (χ1n) is 5.61. The number of ether oxygens (including phenoxy) is 2. The minimum Gasteiger partial charge on any atom is -0.492 e. The molecule has 0 aliphatic heterocycles. The molecule has 2 rings (SSSR count). The highest BCUT2D eigenvalue weighted by Crippen LogP contribution is 2.34. The molecule has 0 radical (unpaired) electrons. The molecule has 0 saturated heterocycles. The van der Waals surface area contributed by atoms with Crippen molar-refractivity contribution in [1.29, 1.82) is 0 Å². The number of methoxy groups -OCH3 is 1. The van der Waals surface area contributed by atoms with Gasteiger partial charge in [-0.2, -0.15) is 0 Å². The summed E-state index contributed by atoms with van der Waals surface area (Å²) >= 11 is 6.26. The van der Waals surface area contributed by atoms with E-state index in [2.05, 4.69) is 0 Å². The summed E-state index contributed by atoms with van der Waals surface area (Å²) in [6.07, 6.45) is -0.428. The fourth-order valence-corrected chi connectivity index (χ4v) is 2.23. The molecule has 0 amide bonds. The van der Waals surface area contributed by atoms with Crippen molar-refractivity contribution in [3.05, 3.63) is 28.9 Å². The molecule has 0 spiro atoms. The Morgan fingerprint density at radius 1 is 1.44 bits per heavy atom. The Labute approximate surface area is 110 Å². The lowest BCUT2D eigenvalue weighted by atomic mass is 10.2. The van der Waals surface area contributed by atoms with E-state index < -0.39 is 6.09 Å². The number of hydrogen-bond donors (Lipinski definition) is 0. The fourth-order valence-electron chi connectivity index (χ4n) is 1.96. The molecular formula is C13H14ClNO3. The highest BCUT2D eigenvalue weighted by atomic mass is 35.5. The molecule has 2 aromatic rings. The van der Waals surface area contributed by atoms with E-state index in [0.29, 0.717) is 22.9 Å². The molecule has 0 unspecified atom stereocenters. The summed E-state index contributed by atoms with van der Waals surface area (Å²) in [5.74, 6) is 0.619. The van der Waals surface area contributed by atoms with E-state index in [-0.39, 0.29) is 0 Å². The number of aryl methyl sites for hydroxylation is 1. The quantitative estimate of drug-likeness (QED) is 0.834. The topological polar surface area (TPSA) is 40.5 Å². The lowest BCUT2D eigenvalue weighted by Gasteiger charge is -2.08. The second kappa shape index (κ2) is 4.90. The predicted octanol–water partition coefficient (Wildman–Crippen LogP) is 3.62. The molecular weight excluding hydrogens is 254 g/mol. The molecule has 1 aromatic heterocycles. The number of rotatable bonds is 2.